The molecule has 0 saturated carbocycles. The molecule has 9 fully saturated rings. The smallest absolute Gasteiger partial charge is 0.407 e. The zero-order valence-corrected chi connectivity index (χ0v) is 87.5. The molecule has 2 aromatic carbocycles. The highest BCUT2D eigenvalue weighted by atomic mass is 35.6. The second kappa shape index (κ2) is 52.0. The normalized spacial score (nSPS) is 36.6. The highest BCUT2D eigenvalue weighted by Gasteiger charge is 2.64. The molecule has 39 nitrogen and oxygen atoms in total. The molecule has 11 rings (SSSR count). The van der Waals surface area contributed by atoms with Gasteiger partial charge in [-0.2, -0.15) is 0 Å². The lowest BCUT2D eigenvalue weighted by atomic mass is 9.81. The molecule has 0 radical (unpaired) electrons. The summed E-state index contributed by atoms with van der Waals surface area (Å²) < 4.78 is 152. The maximum atomic E-state index is 14.6. The molecule has 9 saturated heterocycles. The molecule has 9 aliphatic rings. The summed E-state index contributed by atoms with van der Waals surface area (Å²) in [5, 5.41) is 15.0. The number of amides is 4. The van der Waals surface area contributed by atoms with Crippen molar-refractivity contribution < 1.29 is 152 Å². The molecular weight excluding hydrogens is 2030 g/mol. The van der Waals surface area contributed by atoms with Gasteiger partial charge in [0, 0.05) is 67.1 Å². The summed E-state index contributed by atoms with van der Waals surface area (Å²) in [5.74, 6) is -11.1. The number of benzene rings is 2. The molecule has 0 aromatic heterocycles. The van der Waals surface area contributed by atoms with Crippen molar-refractivity contribution in [3.05, 3.63) is 82.2 Å². The van der Waals surface area contributed by atoms with Crippen molar-refractivity contribution in [1.29, 1.82) is 0 Å². The number of hydrogen-bond acceptors (Lipinski definition) is 33. The molecule has 2 aromatic rings. The van der Waals surface area contributed by atoms with E-state index in [-0.39, 0.29) is 44.0 Å². The number of alkyl carbamates (subject to hydrolysis) is 4. The zero-order chi connectivity index (χ0) is 102. The van der Waals surface area contributed by atoms with Crippen LogP contribution in [0, 0.1) is 47.3 Å². The van der Waals surface area contributed by atoms with E-state index in [1.807, 2.05) is 106 Å². The van der Waals surface area contributed by atoms with Gasteiger partial charge < -0.3 is 135 Å². The van der Waals surface area contributed by atoms with Crippen LogP contribution in [0.4, 0.5) is 19.2 Å². The summed E-state index contributed by atoms with van der Waals surface area (Å²) in [7, 11) is 1.09. The molecule has 9 aliphatic heterocycles. The molecule has 37 atom stereocenters. The maximum Gasteiger partial charge on any atom is 0.407 e. The summed E-state index contributed by atoms with van der Waals surface area (Å²) in [6, 6.07) is 13.0. The Morgan fingerprint density at radius 3 is 1.51 bits per heavy atom. The standard InChI is InChI=1S/C92H130Cl9N7O32/c1-17-55-43(6)45(8)72(138-81-65(106-87(115)122-42-92(99,100)101)49(12)69(58(20-4)129-81)136-82-71(133-76(111)53-31-25-22-26-32-53)46(9)44(7)61(130-82)39-123-89(84(112)117-16)37-60-66(107-88(116)132-60)75(140-89)73(125-52(15)110)59(21-5)124-51(14)109)83(126-55)137-70-50(13)77(131-62-38-119-78(139-74(62)70)54-33-27-23-28-34-54)134-67-48(11)64(105-86(114)121-41-91(96,97)98)80(128-57(67)19-3)135-68-47(10)63(104-85(113)120-40-90(93,94)95)79(127-56(68)18-2)118-36-30-24-29-35-103-108-102/h22-23,25-28,31-34,43-50,55-75,77-83H,17-21,24,29-30,35-42H2,1-16H3,(H,104,113)(H,105,114)(H,106,115)(H,107,116)/t43-,44-,45?,46?,47?,48?,49?,50-,55?,56?,57?,58?,59-,60-,61?,62?,63+,64+,65+,66-,67+,68+,69+,70?,71+,72+,73-,74-,75?,77+,78?,79-,80+,81+,82+,83+,89-/m1/s1. The van der Waals surface area contributed by atoms with Crippen LogP contribution in [0.2, 0.25) is 0 Å². The number of azide groups is 1. The first-order valence-corrected chi connectivity index (χ1v) is 50.9. The lowest BCUT2D eigenvalue weighted by Gasteiger charge is -2.54. The fraction of sp³-hybridized carbons (Fsp3) is 0.783. The SMILES string of the molecule is CCC1O[C@@H](OC2[C@@H]3OC(c4ccccc4)OCC3O[C@@H](O[C@@H]3C(CC)O[C@@H](O[C@@H]4C(CC)O[C@@H](OCCCCCN=[N+]=[N-])[C@@H](NC(=O)OCC(Cl)(Cl)Cl)C4C)[C@@H](NC(=O)OCC(Cl)(Cl)Cl)C3C)[C@@H]2C)[C@@H](O[C@@H]2OC(CC)[C@@H](O[C@@H]3OC(CO[C@]4(C(=O)OC)C[C@H]5OC(=O)N[C@H]5C([C@H](OC(C)=O)[C@@H](CC)OC(C)=O)O4)[C@H](C)C(C)[C@@H]3OC(=O)c3ccccc3)C(C)[C@@H]2NC(=O)OCC(Cl)(Cl)Cl)C(C)[C@H]1C. The molecule has 4 amide bonds. The third-order valence-corrected chi connectivity index (χ3v) is 28.2. The van der Waals surface area contributed by atoms with Crippen molar-refractivity contribution in [2.75, 3.05) is 53.3 Å². The van der Waals surface area contributed by atoms with E-state index >= 15 is 0 Å². The zero-order valence-electron chi connectivity index (χ0n) is 80.7. The number of alkyl halides is 9. The van der Waals surface area contributed by atoms with Crippen molar-refractivity contribution >= 4 is 153 Å². The minimum Gasteiger partial charge on any atom is -0.465 e. The maximum absolute atomic E-state index is 14.6. The van der Waals surface area contributed by atoms with Crippen molar-refractivity contribution in [1.82, 2.24) is 21.3 Å². The Bertz CT molecular complexity index is 4410. The van der Waals surface area contributed by atoms with Crippen LogP contribution < -0.4 is 21.3 Å². The summed E-state index contributed by atoms with van der Waals surface area (Å²) in [6.45, 7) is 24.4. The van der Waals surface area contributed by atoms with Crippen molar-refractivity contribution in [2.45, 2.75) is 351 Å². The number of carbonyl (C=O) groups excluding carboxylic acids is 8. The van der Waals surface area contributed by atoms with Crippen LogP contribution in [0.5, 0.6) is 0 Å². The summed E-state index contributed by atoms with van der Waals surface area (Å²) in [4.78, 5) is 113. The van der Waals surface area contributed by atoms with Gasteiger partial charge in [0.1, 0.15) is 56.4 Å². The monoisotopic (exact) mass is 2160 g/mol. The topological polar surface area (TPSA) is 455 Å². The van der Waals surface area contributed by atoms with Crippen LogP contribution in [-0.4, -0.2) is 284 Å². The first-order valence-electron chi connectivity index (χ1n) is 47.5. The van der Waals surface area contributed by atoms with Gasteiger partial charge in [0.2, 0.25) is 11.4 Å². The third-order valence-electron chi connectivity index (χ3n) is 27.2. The second-order valence-electron chi connectivity index (χ2n) is 36.7. The predicted molar refractivity (Wildman–Crippen MR) is 505 cm³/mol. The Morgan fingerprint density at radius 1 is 0.529 bits per heavy atom. The number of nitrogens with one attached hydrogen (secondary N) is 4. The summed E-state index contributed by atoms with van der Waals surface area (Å²) in [5.41, 5.74) is 9.72. The molecule has 0 bridgehead atoms. The van der Waals surface area contributed by atoms with Gasteiger partial charge in [0.25, 0.3) is 5.79 Å². The van der Waals surface area contributed by atoms with E-state index in [1.165, 1.54) is 0 Å². The molecule has 9 heterocycles. The van der Waals surface area contributed by atoms with E-state index in [1.54, 1.807) is 44.2 Å². The highest BCUT2D eigenvalue weighted by molar-refractivity contribution is 6.68. The van der Waals surface area contributed by atoms with E-state index in [2.05, 4.69) is 31.3 Å². The fourth-order valence-electron chi connectivity index (χ4n) is 19.4. The molecule has 0 spiro atoms. The average molecular weight is 2170 g/mol. The molecule has 48 heteroatoms. The number of carbonyl (C=O) groups is 8. The van der Waals surface area contributed by atoms with E-state index in [4.69, 9.17) is 224 Å². The highest BCUT2D eigenvalue weighted by Crippen LogP contribution is 2.49. The van der Waals surface area contributed by atoms with Gasteiger partial charge in [-0.15, -0.1) is 0 Å². The number of ether oxygens (including phenoxy) is 24. The van der Waals surface area contributed by atoms with Crippen molar-refractivity contribution in [2.24, 2.45) is 52.5 Å². The Hall–Kier alpha value is -5.32. The summed E-state index contributed by atoms with van der Waals surface area (Å²) in [6.07, 6.45) is -27.9. The summed E-state index contributed by atoms with van der Waals surface area (Å²) >= 11 is 55.3. The fourth-order valence-corrected chi connectivity index (χ4v) is 19.9. The largest absolute Gasteiger partial charge is 0.465 e. The van der Waals surface area contributed by atoms with E-state index in [0.29, 0.717) is 44.2 Å². The number of hydrogen-bond donors (Lipinski definition) is 4. The van der Waals surface area contributed by atoms with Crippen molar-refractivity contribution in [3.63, 3.8) is 0 Å². The van der Waals surface area contributed by atoms with Crippen LogP contribution >= 0.6 is 104 Å². The first-order chi connectivity index (χ1) is 66.3. The van der Waals surface area contributed by atoms with Crippen LogP contribution in [0.3, 0.4) is 0 Å². The number of nitrogens with zero attached hydrogens (tertiary/aromatic N) is 3. The van der Waals surface area contributed by atoms with Crippen LogP contribution in [0.15, 0.2) is 65.8 Å². The Balaban J connectivity index is 0.910. The molecule has 14 unspecified atom stereocenters. The molecule has 788 valence electrons. The third kappa shape index (κ3) is 30.1. The number of unbranched alkanes of at least 4 members (excludes halogenated alkanes) is 2. The van der Waals surface area contributed by atoms with Gasteiger partial charge in [0.05, 0.1) is 111 Å². The number of halogens is 9. The van der Waals surface area contributed by atoms with Gasteiger partial charge in [-0.25, -0.2) is 28.8 Å². The molecule has 140 heavy (non-hydrogen) atoms. The van der Waals surface area contributed by atoms with E-state index < -0.39 is 312 Å². The quantitative estimate of drug-likeness (QED) is 0.00918. The minimum atomic E-state index is -2.45. The minimum absolute atomic E-state index is 0.0567. The lowest BCUT2D eigenvalue weighted by Crippen LogP contribution is -2.67. The Kier molecular flexibility index (Phi) is 42.7. The van der Waals surface area contributed by atoms with Gasteiger partial charge in [-0.05, 0) is 80.4 Å². The van der Waals surface area contributed by atoms with Crippen LogP contribution in [0.25, 0.3) is 10.4 Å². The molecular formula is C92H130Cl9N7O32. The second-order valence-corrected chi connectivity index (χ2v) is 44.3. The van der Waals surface area contributed by atoms with Crippen LogP contribution in [0.1, 0.15) is 184 Å². The van der Waals surface area contributed by atoms with Crippen LogP contribution in [-0.2, 0) is 128 Å². The number of rotatable bonds is 39. The van der Waals surface area contributed by atoms with Crippen molar-refractivity contribution in [3.8, 4) is 0 Å². The number of fused-ring (bicyclic) bond motifs is 2. The number of methoxy groups -OCH3 is 1. The number of esters is 4. The molecule has 4 N–H and O–H groups in total. The predicted octanol–water partition coefficient (Wildman–Crippen LogP) is 15.6. The lowest BCUT2D eigenvalue weighted by molar-refractivity contribution is -0.400. The van der Waals surface area contributed by atoms with E-state index in [0.717, 1.165) is 21.0 Å². The first kappa shape index (κ1) is 115. The Morgan fingerprint density at radius 2 is 1.00 bits per heavy atom. The van der Waals surface area contributed by atoms with Gasteiger partial charge in [0.15, 0.2) is 56.2 Å². The average Bonchev–Trinajstić information content (AvgIpc) is 1.67. The van der Waals surface area contributed by atoms with Gasteiger partial charge in [-0.1, -0.05) is 254 Å². The Labute approximate surface area is 859 Å². The van der Waals surface area contributed by atoms with Gasteiger partial charge in [-0.3, -0.25) is 9.59 Å². The van der Waals surface area contributed by atoms with E-state index in [9.17, 15) is 38.4 Å². The van der Waals surface area contributed by atoms with Gasteiger partial charge >= 0.3 is 48.3 Å². The molecule has 0 aliphatic carbocycles.